The summed E-state index contributed by atoms with van der Waals surface area (Å²) in [7, 11) is 5.00. The Kier molecular flexibility index (Phi) is 17.3. The summed E-state index contributed by atoms with van der Waals surface area (Å²) < 4.78 is 77.3. The lowest BCUT2D eigenvalue weighted by Crippen LogP contribution is -2.70. The topological polar surface area (TPSA) is 198 Å². The number of amides is 1. The number of aliphatic hydroxyl groups excluding tert-OH is 2. The van der Waals surface area contributed by atoms with Crippen LogP contribution in [0.1, 0.15) is 102 Å². The first-order valence-electron chi connectivity index (χ1n) is 20.9. The first-order chi connectivity index (χ1) is 27.0. The fraction of sp³-hybridized carbons (Fsp3) is 0.951. The van der Waals surface area contributed by atoms with Gasteiger partial charge in [0.2, 0.25) is 0 Å². The van der Waals surface area contributed by atoms with Gasteiger partial charge in [0.15, 0.2) is 12.6 Å². The van der Waals surface area contributed by atoms with Crippen LogP contribution < -0.4 is 10.6 Å². The lowest BCUT2D eigenvalue weighted by molar-refractivity contribution is -0.334. The Hall–Kier alpha value is -1.71. The first kappa shape index (κ1) is 51.6. The van der Waals surface area contributed by atoms with Crippen LogP contribution in [0.3, 0.4) is 0 Å². The van der Waals surface area contributed by atoms with Crippen molar-refractivity contribution in [1.82, 2.24) is 15.5 Å². The van der Waals surface area contributed by atoms with Gasteiger partial charge in [-0.15, -0.1) is 0 Å². The Morgan fingerprint density at radius 3 is 2.15 bits per heavy atom. The van der Waals surface area contributed by atoms with E-state index < -0.39 is 114 Å². The van der Waals surface area contributed by atoms with Gasteiger partial charge in [0.25, 0.3) is 0 Å². The largest absolute Gasteiger partial charge is 0.471 e. The number of nitrogens with one attached hydrogen (secondary N) is 2. The molecule has 3 fully saturated rings. The summed E-state index contributed by atoms with van der Waals surface area (Å²) in [4.78, 5) is 28.0. The molecule has 346 valence electrons. The van der Waals surface area contributed by atoms with Crippen LogP contribution in [-0.4, -0.2) is 162 Å². The Morgan fingerprint density at radius 1 is 1.00 bits per heavy atom. The second kappa shape index (κ2) is 19.8. The number of halogens is 3. The highest BCUT2D eigenvalue weighted by Gasteiger charge is 2.59. The van der Waals surface area contributed by atoms with Gasteiger partial charge < -0.3 is 64.4 Å². The molecule has 0 aromatic rings. The van der Waals surface area contributed by atoms with E-state index in [0.717, 1.165) is 0 Å². The minimum Gasteiger partial charge on any atom is -0.459 e. The molecule has 3 aliphatic heterocycles. The maximum Gasteiger partial charge on any atom is 0.471 e. The van der Waals surface area contributed by atoms with E-state index in [1.165, 1.54) is 27.9 Å². The van der Waals surface area contributed by atoms with E-state index in [9.17, 15) is 43.2 Å². The molecule has 18 heteroatoms. The Balaban J connectivity index is 2.16. The van der Waals surface area contributed by atoms with E-state index in [2.05, 4.69) is 5.32 Å². The van der Waals surface area contributed by atoms with E-state index >= 15 is 0 Å². The molecule has 0 aromatic heterocycles. The van der Waals surface area contributed by atoms with Gasteiger partial charge in [-0.05, 0) is 86.2 Å². The maximum absolute atomic E-state index is 14.3. The van der Waals surface area contributed by atoms with Crippen molar-refractivity contribution in [2.45, 2.75) is 192 Å². The van der Waals surface area contributed by atoms with Gasteiger partial charge >= 0.3 is 18.1 Å². The van der Waals surface area contributed by atoms with Crippen LogP contribution in [0, 0.1) is 23.2 Å². The van der Waals surface area contributed by atoms with Crippen molar-refractivity contribution in [2.75, 3.05) is 34.3 Å². The molecule has 0 unspecified atom stereocenters. The molecule has 1 amide bonds. The number of rotatable bonds is 9. The summed E-state index contributed by atoms with van der Waals surface area (Å²) in [5, 5.41) is 51.8. The molecule has 3 rings (SSSR count). The van der Waals surface area contributed by atoms with Crippen LogP contribution in [-0.2, 0) is 38.0 Å². The monoisotopic (exact) mass is 858 g/mol. The molecule has 3 heterocycles. The minimum absolute atomic E-state index is 0.157. The molecule has 0 aromatic carbocycles. The van der Waals surface area contributed by atoms with Crippen molar-refractivity contribution in [3.8, 4) is 0 Å². The number of carbonyl (C=O) groups excluding carboxylic acids is 2. The van der Waals surface area contributed by atoms with Gasteiger partial charge in [-0.25, -0.2) is 0 Å². The van der Waals surface area contributed by atoms with Crippen LogP contribution in [0.4, 0.5) is 13.2 Å². The molecule has 15 nitrogen and oxygen atoms in total. The molecule has 6 N–H and O–H groups in total. The lowest BCUT2D eigenvalue weighted by atomic mass is 9.72. The molecular formula is C41H74F3N3O12. The molecule has 3 aliphatic rings. The van der Waals surface area contributed by atoms with Gasteiger partial charge in [-0.3, -0.25) is 9.59 Å². The number of likely N-dealkylation sites (N-methyl/N-ethyl adjacent to an activating group) is 1. The van der Waals surface area contributed by atoms with Crippen molar-refractivity contribution < 1.29 is 71.6 Å². The predicted molar refractivity (Wildman–Crippen MR) is 211 cm³/mol. The lowest BCUT2D eigenvalue weighted by Gasteiger charge is -2.53. The number of methoxy groups -OCH3 is 1. The molecule has 0 bridgehead atoms. The summed E-state index contributed by atoms with van der Waals surface area (Å²) in [5.74, 6) is -5.26. The molecule has 0 aliphatic carbocycles. The second-order valence-electron chi connectivity index (χ2n) is 18.8. The molecule has 0 saturated carbocycles. The van der Waals surface area contributed by atoms with Crippen LogP contribution in [0.25, 0.3) is 0 Å². The second-order valence-corrected chi connectivity index (χ2v) is 18.8. The summed E-state index contributed by atoms with van der Waals surface area (Å²) in [5.41, 5.74) is -6.38. The number of aliphatic hydroxyl groups is 4. The molecule has 3 saturated heterocycles. The van der Waals surface area contributed by atoms with E-state index in [4.69, 9.17) is 28.4 Å². The van der Waals surface area contributed by atoms with Crippen LogP contribution >= 0.6 is 0 Å². The Labute approximate surface area is 348 Å². The van der Waals surface area contributed by atoms with Crippen molar-refractivity contribution in [1.29, 1.82) is 0 Å². The maximum atomic E-state index is 14.3. The zero-order valence-electron chi connectivity index (χ0n) is 37.5. The third-order valence-electron chi connectivity index (χ3n) is 13.3. The summed E-state index contributed by atoms with van der Waals surface area (Å²) >= 11 is 0. The SMILES string of the molecule is CC[C@H]1OC(=O)[C@H](C)[C@H](O[C@@H]2C[C@](C)(OC)[C@@](O)(CNC(=O)C(F)(F)F)[C@H](C)O2)[C@H](C)[C@@H](O[C@@H]2O[C@H](C)C[C@H](N(C)C)[C@H]2O)C(C)(C)C[C@@H](C)NC[C@H](C)[C@@H](O)[C@]1(C)O. The van der Waals surface area contributed by atoms with Crippen molar-refractivity contribution in [3.63, 3.8) is 0 Å². The van der Waals surface area contributed by atoms with Gasteiger partial charge in [0, 0.05) is 38.1 Å². The van der Waals surface area contributed by atoms with Gasteiger partial charge in [0.1, 0.15) is 29.0 Å². The van der Waals surface area contributed by atoms with Crippen LogP contribution in [0.2, 0.25) is 0 Å². The molecule has 17 atom stereocenters. The third-order valence-corrected chi connectivity index (χ3v) is 13.3. The normalized spacial score (nSPS) is 44.6. The molecule has 0 radical (unpaired) electrons. The quantitative estimate of drug-likeness (QED) is 0.185. The fourth-order valence-electron chi connectivity index (χ4n) is 9.40. The number of cyclic esters (lactones) is 1. The number of esters is 1. The number of hydrogen-bond acceptors (Lipinski definition) is 14. The standard InChI is InChI=1S/C41H74F3N3O12/c1-15-28-39(11,52)32(49)21(2)19-45-22(3)17-37(8,9)33(59-35-30(48)27(47(12)13)16-23(4)55-35)24(5)31(25(6)34(50)57-28)58-29-18-38(10,54-14)40(53,26(7)56-29)20-46-36(51)41(42,43)44/h21-33,35,45,48-49,52-53H,15-20H2,1-14H3,(H,46,51)/t21-,22+,23+,24-,25+,26-,27-,28+,29+,30+,31+,32+,33+,35-,38-,39+,40+/m0/s1. The summed E-state index contributed by atoms with van der Waals surface area (Å²) in [6, 6.07) is -0.447. The number of carbonyl (C=O) groups is 2. The van der Waals surface area contributed by atoms with E-state index in [1.807, 2.05) is 53.6 Å². The average Bonchev–Trinajstić information content (AvgIpc) is 3.14. The zero-order chi connectivity index (χ0) is 45.2. The molecular weight excluding hydrogens is 783 g/mol. The third kappa shape index (κ3) is 11.7. The summed E-state index contributed by atoms with van der Waals surface area (Å²) in [6.07, 6.45) is -13.4. The number of nitrogens with zero attached hydrogens (tertiary/aromatic N) is 1. The van der Waals surface area contributed by atoms with Crippen LogP contribution in [0.5, 0.6) is 0 Å². The number of alkyl halides is 3. The van der Waals surface area contributed by atoms with E-state index in [1.54, 1.807) is 26.1 Å². The number of ether oxygens (including phenoxy) is 6. The van der Waals surface area contributed by atoms with Gasteiger partial charge in [0.05, 0.1) is 43.0 Å². The fourth-order valence-corrected chi connectivity index (χ4v) is 9.40. The van der Waals surface area contributed by atoms with E-state index in [-0.39, 0.29) is 31.0 Å². The highest BCUT2D eigenvalue weighted by molar-refractivity contribution is 5.81. The minimum atomic E-state index is -5.19. The smallest absolute Gasteiger partial charge is 0.459 e. The Morgan fingerprint density at radius 2 is 1.61 bits per heavy atom. The molecule has 0 spiro atoms. The average molecular weight is 858 g/mol. The van der Waals surface area contributed by atoms with Crippen molar-refractivity contribution in [3.05, 3.63) is 0 Å². The highest BCUT2D eigenvalue weighted by atomic mass is 19.4. The molecule has 59 heavy (non-hydrogen) atoms. The summed E-state index contributed by atoms with van der Waals surface area (Å²) in [6.45, 7) is 18.6. The van der Waals surface area contributed by atoms with Crippen molar-refractivity contribution >= 4 is 11.9 Å². The van der Waals surface area contributed by atoms with Gasteiger partial charge in [-0.2, -0.15) is 13.2 Å². The predicted octanol–water partition coefficient (Wildman–Crippen LogP) is 2.88. The zero-order valence-corrected chi connectivity index (χ0v) is 37.5. The van der Waals surface area contributed by atoms with Gasteiger partial charge in [-0.1, -0.05) is 34.6 Å². The number of hydrogen-bond donors (Lipinski definition) is 6. The van der Waals surface area contributed by atoms with Crippen molar-refractivity contribution in [2.24, 2.45) is 23.2 Å². The first-order valence-corrected chi connectivity index (χ1v) is 20.9. The van der Waals surface area contributed by atoms with E-state index in [0.29, 0.717) is 19.4 Å². The Bertz CT molecular complexity index is 1390. The van der Waals surface area contributed by atoms with Crippen LogP contribution in [0.15, 0.2) is 0 Å². The highest BCUT2D eigenvalue weighted by Crippen LogP contribution is 2.44.